The van der Waals surface area contributed by atoms with Crippen molar-refractivity contribution >= 4 is 5.91 Å². The Balaban J connectivity index is 1.91. The van der Waals surface area contributed by atoms with Crippen molar-refractivity contribution in [3.05, 3.63) is 35.4 Å². The fourth-order valence-corrected chi connectivity index (χ4v) is 3.87. The molecular formula is C20H28F3NO. The van der Waals surface area contributed by atoms with Crippen molar-refractivity contribution in [1.29, 1.82) is 0 Å². The summed E-state index contributed by atoms with van der Waals surface area (Å²) in [4.78, 5) is 12.6. The highest BCUT2D eigenvalue weighted by molar-refractivity contribution is 5.79. The van der Waals surface area contributed by atoms with E-state index in [2.05, 4.69) is 26.1 Å². The Hall–Kier alpha value is -1.52. The van der Waals surface area contributed by atoms with Crippen LogP contribution in [-0.4, -0.2) is 12.5 Å². The van der Waals surface area contributed by atoms with E-state index in [9.17, 15) is 18.0 Å². The molecule has 1 aromatic carbocycles. The van der Waals surface area contributed by atoms with Crippen LogP contribution in [0.2, 0.25) is 0 Å². The summed E-state index contributed by atoms with van der Waals surface area (Å²) in [6.45, 7) is 6.86. The maximum absolute atomic E-state index is 12.7. The van der Waals surface area contributed by atoms with Gasteiger partial charge in [-0.2, -0.15) is 13.2 Å². The highest BCUT2D eigenvalue weighted by Gasteiger charge is 2.35. The Morgan fingerprint density at radius 1 is 1.28 bits per heavy atom. The molecule has 0 heterocycles. The summed E-state index contributed by atoms with van der Waals surface area (Å²) in [5.74, 6) is 1.48. The van der Waals surface area contributed by atoms with E-state index in [-0.39, 0.29) is 11.8 Å². The van der Waals surface area contributed by atoms with E-state index in [0.717, 1.165) is 31.4 Å². The van der Waals surface area contributed by atoms with Gasteiger partial charge in [-0.3, -0.25) is 4.79 Å². The number of benzene rings is 1. The number of alkyl halides is 3. The second kappa shape index (κ2) is 8.24. The molecule has 1 saturated carbocycles. The van der Waals surface area contributed by atoms with Crippen LogP contribution in [0, 0.1) is 23.7 Å². The quantitative estimate of drug-likeness (QED) is 0.785. The normalized spacial score (nSPS) is 24.4. The van der Waals surface area contributed by atoms with E-state index >= 15 is 0 Å². The van der Waals surface area contributed by atoms with E-state index in [1.165, 1.54) is 6.07 Å². The molecule has 0 spiro atoms. The van der Waals surface area contributed by atoms with Gasteiger partial charge in [0.25, 0.3) is 0 Å². The fourth-order valence-electron chi connectivity index (χ4n) is 3.87. The SMILES string of the molecule is CC(C)[C@@H]1CC[C@@H](C)C[C@H]1C(=O)NCCc1cccc(C(F)(F)F)c1. The number of hydrogen-bond donors (Lipinski definition) is 1. The van der Waals surface area contributed by atoms with Gasteiger partial charge in [0.1, 0.15) is 0 Å². The zero-order valence-electron chi connectivity index (χ0n) is 15.2. The molecule has 140 valence electrons. The Labute approximate surface area is 148 Å². The second-order valence-electron chi connectivity index (χ2n) is 7.67. The number of carbonyl (C=O) groups is 1. The van der Waals surface area contributed by atoms with E-state index < -0.39 is 11.7 Å². The molecule has 0 aliphatic heterocycles. The van der Waals surface area contributed by atoms with Gasteiger partial charge in [0.2, 0.25) is 5.91 Å². The number of rotatable bonds is 5. The third-order valence-electron chi connectivity index (χ3n) is 5.33. The molecule has 0 radical (unpaired) electrons. The molecule has 0 bridgehead atoms. The topological polar surface area (TPSA) is 29.1 Å². The average Bonchev–Trinajstić information content (AvgIpc) is 2.54. The zero-order valence-corrected chi connectivity index (χ0v) is 15.2. The maximum Gasteiger partial charge on any atom is 0.416 e. The summed E-state index contributed by atoms with van der Waals surface area (Å²) in [7, 11) is 0. The van der Waals surface area contributed by atoms with Crippen LogP contribution in [-0.2, 0) is 17.4 Å². The Bertz CT molecular complexity index is 583. The van der Waals surface area contributed by atoms with Gasteiger partial charge in [-0.15, -0.1) is 0 Å². The zero-order chi connectivity index (χ0) is 18.6. The summed E-state index contributed by atoms with van der Waals surface area (Å²) in [5.41, 5.74) is -0.0511. The van der Waals surface area contributed by atoms with Crippen LogP contribution in [0.4, 0.5) is 13.2 Å². The number of hydrogen-bond acceptors (Lipinski definition) is 1. The van der Waals surface area contributed by atoms with Crippen LogP contribution in [0.15, 0.2) is 24.3 Å². The highest BCUT2D eigenvalue weighted by Crippen LogP contribution is 2.38. The Morgan fingerprint density at radius 2 is 2.00 bits per heavy atom. The molecule has 1 amide bonds. The van der Waals surface area contributed by atoms with Crippen LogP contribution < -0.4 is 5.32 Å². The summed E-state index contributed by atoms with van der Waals surface area (Å²) in [5, 5.41) is 2.94. The highest BCUT2D eigenvalue weighted by atomic mass is 19.4. The molecule has 3 atom stereocenters. The van der Waals surface area contributed by atoms with Crippen molar-refractivity contribution in [2.75, 3.05) is 6.54 Å². The lowest BCUT2D eigenvalue weighted by molar-refractivity contribution is -0.137. The van der Waals surface area contributed by atoms with Crippen LogP contribution >= 0.6 is 0 Å². The number of nitrogens with one attached hydrogen (secondary N) is 1. The van der Waals surface area contributed by atoms with E-state index in [1.807, 2.05) is 0 Å². The summed E-state index contributed by atoms with van der Waals surface area (Å²) in [6.07, 6.45) is -0.786. The third kappa shape index (κ3) is 5.48. The van der Waals surface area contributed by atoms with Crippen molar-refractivity contribution < 1.29 is 18.0 Å². The molecule has 2 nitrogen and oxygen atoms in total. The lowest BCUT2D eigenvalue weighted by atomic mass is 9.70. The largest absolute Gasteiger partial charge is 0.416 e. The van der Waals surface area contributed by atoms with Crippen LogP contribution in [0.1, 0.15) is 51.2 Å². The van der Waals surface area contributed by atoms with Gasteiger partial charge in [0.05, 0.1) is 5.56 Å². The molecule has 1 N–H and O–H groups in total. The number of amides is 1. The molecule has 25 heavy (non-hydrogen) atoms. The maximum atomic E-state index is 12.7. The van der Waals surface area contributed by atoms with Gasteiger partial charge in [0, 0.05) is 12.5 Å². The van der Waals surface area contributed by atoms with Crippen LogP contribution in [0.5, 0.6) is 0 Å². The Morgan fingerprint density at radius 3 is 2.64 bits per heavy atom. The third-order valence-corrected chi connectivity index (χ3v) is 5.33. The lowest BCUT2D eigenvalue weighted by Gasteiger charge is -2.36. The van der Waals surface area contributed by atoms with Gasteiger partial charge in [-0.1, -0.05) is 45.4 Å². The first-order valence-electron chi connectivity index (χ1n) is 9.12. The fraction of sp³-hybridized carbons (Fsp3) is 0.650. The van der Waals surface area contributed by atoms with Gasteiger partial charge < -0.3 is 5.32 Å². The molecule has 5 heteroatoms. The predicted octanol–water partition coefficient (Wildman–Crippen LogP) is 5.07. The van der Waals surface area contributed by atoms with Crippen molar-refractivity contribution in [3.8, 4) is 0 Å². The second-order valence-corrected chi connectivity index (χ2v) is 7.67. The van der Waals surface area contributed by atoms with Gasteiger partial charge in [-0.25, -0.2) is 0 Å². The molecule has 0 aromatic heterocycles. The lowest BCUT2D eigenvalue weighted by Crippen LogP contribution is -2.40. The van der Waals surface area contributed by atoms with Crippen molar-refractivity contribution in [1.82, 2.24) is 5.32 Å². The minimum absolute atomic E-state index is 0.0188. The van der Waals surface area contributed by atoms with Crippen molar-refractivity contribution in [3.63, 3.8) is 0 Å². The molecular weight excluding hydrogens is 327 g/mol. The molecule has 1 aliphatic carbocycles. The molecule has 1 fully saturated rings. The van der Waals surface area contributed by atoms with Gasteiger partial charge in [0.15, 0.2) is 0 Å². The minimum Gasteiger partial charge on any atom is -0.356 e. The molecule has 1 aliphatic rings. The number of carbonyl (C=O) groups excluding carboxylic acids is 1. The summed E-state index contributed by atoms with van der Waals surface area (Å²) < 4.78 is 38.2. The molecule has 1 aromatic rings. The van der Waals surface area contributed by atoms with Gasteiger partial charge in [-0.05, 0) is 48.6 Å². The van der Waals surface area contributed by atoms with Crippen molar-refractivity contribution in [2.45, 2.75) is 52.6 Å². The molecule has 0 unspecified atom stereocenters. The molecule has 0 saturated heterocycles. The average molecular weight is 355 g/mol. The minimum atomic E-state index is -4.33. The Kier molecular flexibility index (Phi) is 6.53. The standard InChI is InChI=1S/C20H28F3NO/c1-13(2)17-8-7-14(3)11-18(17)19(25)24-10-9-15-5-4-6-16(12-15)20(21,22)23/h4-6,12-14,17-18H,7-11H2,1-3H3,(H,24,25)/t14-,17+,18-/m1/s1. The first-order valence-corrected chi connectivity index (χ1v) is 9.12. The first kappa shape index (κ1) is 19.8. The van der Waals surface area contributed by atoms with Gasteiger partial charge >= 0.3 is 6.18 Å². The summed E-state index contributed by atoms with van der Waals surface area (Å²) in [6, 6.07) is 5.31. The smallest absolute Gasteiger partial charge is 0.356 e. The van der Waals surface area contributed by atoms with Crippen LogP contribution in [0.3, 0.4) is 0 Å². The van der Waals surface area contributed by atoms with E-state index in [1.54, 1.807) is 6.07 Å². The van der Waals surface area contributed by atoms with Crippen molar-refractivity contribution in [2.24, 2.45) is 23.7 Å². The first-order chi connectivity index (χ1) is 11.7. The number of halogens is 3. The van der Waals surface area contributed by atoms with E-state index in [0.29, 0.717) is 36.3 Å². The van der Waals surface area contributed by atoms with Crippen LogP contribution in [0.25, 0.3) is 0 Å². The molecule has 2 rings (SSSR count). The predicted molar refractivity (Wildman–Crippen MR) is 93.0 cm³/mol. The van der Waals surface area contributed by atoms with E-state index in [4.69, 9.17) is 0 Å². The summed E-state index contributed by atoms with van der Waals surface area (Å²) >= 11 is 0. The monoisotopic (exact) mass is 355 g/mol.